The minimum absolute atomic E-state index is 0.313. The molecular formula is C18H23BrN2O. The minimum Gasteiger partial charge on any atom is -0.396 e. The lowest BCUT2D eigenvalue weighted by Gasteiger charge is -2.05. The maximum absolute atomic E-state index is 8.84. The summed E-state index contributed by atoms with van der Waals surface area (Å²) in [5.41, 5.74) is 5.35. The summed E-state index contributed by atoms with van der Waals surface area (Å²) < 4.78 is 3.25. The van der Waals surface area contributed by atoms with Gasteiger partial charge in [-0.15, -0.1) is 0 Å². The Bertz CT molecular complexity index is 619. The van der Waals surface area contributed by atoms with Crippen LogP contribution in [0.25, 0.3) is 5.69 Å². The molecule has 22 heavy (non-hydrogen) atoms. The lowest BCUT2D eigenvalue weighted by atomic mass is 10.1. The Balaban J connectivity index is 1.75. The second-order valence-corrected chi connectivity index (χ2v) is 6.92. The van der Waals surface area contributed by atoms with Gasteiger partial charge in [-0.1, -0.05) is 28.8 Å². The number of aliphatic hydroxyl groups is 1. The van der Waals surface area contributed by atoms with Crippen LogP contribution in [0.5, 0.6) is 0 Å². The Morgan fingerprint density at radius 3 is 2.59 bits per heavy atom. The molecule has 0 unspecified atom stereocenters. The van der Waals surface area contributed by atoms with Crippen LogP contribution in [0.4, 0.5) is 0 Å². The number of halogens is 1. The first-order valence-electron chi connectivity index (χ1n) is 8.26. The van der Waals surface area contributed by atoms with E-state index in [-0.39, 0.29) is 0 Å². The third-order valence-electron chi connectivity index (χ3n) is 4.41. The average Bonchev–Trinajstić information content (AvgIpc) is 3.11. The van der Waals surface area contributed by atoms with Gasteiger partial charge >= 0.3 is 0 Å². The molecule has 1 aliphatic carbocycles. The summed E-state index contributed by atoms with van der Waals surface area (Å²) in [6, 6.07) is 8.40. The summed E-state index contributed by atoms with van der Waals surface area (Å²) in [6.45, 7) is 0.313. The first-order chi connectivity index (χ1) is 10.8. The highest BCUT2D eigenvalue weighted by Crippen LogP contribution is 2.29. The summed E-state index contributed by atoms with van der Waals surface area (Å²) in [6.07, 6.45) is 9.03. The third-order valence-corrected chi connectivity index (χ3v) is 4.93. The fourth-order valence-electron chi connectivity index (χ4n) is 3.27. The van der Waals surface area contributed by atoms with Gasteiger partial charge in [0, 0.05) is 16.8 Å². The van der Waals surface area contributed by atoms with E-state index in [2.05, 4.69) is 44.9 Å². The van der Waals surface area contributed by atoms with Gasteiger partial charge in [-0.2, -0.15) is 5.10 Å². The van der Waals surface area contributed by atoms with E-state index in [1.807, 2.05) is 0 Å². The monoisotopic (exact) mass is 362 g/mol. The summed E-state index contributed by atoms with van der Waals surface area (Å²) in [4.78, 5) is 0. The van der Waals surface area contributed by atoms with E-state index in [4.69, 9.17) is 10.2 Å². The largest absolute Gasteiger partial charge is 0.396 e. The van der Waals surface area contributed by atoms with Gasteiger partial charge in [-0.25, -0.2) is 4.68 Å². The Morgan fingerprint density at radius 2 is 1.82 bits per heavy atom. The highest BCUT2D eigenvalue weighted by molar-refractivity contribution is 9.10. The Kier molecular flexibility index (Phi) is 5.32. The smallest absolute Gasteiger partial charge is 0.0663 e. The van der Waals surface area contributed by atoms with Gasteiger partial charge in [0.1, 0.15) is 0 Å². The third kappa shape index (κ3) is 3.44. The molecule has 118 valence electrons. The lowest BCUT2D eigenvalue weighted by Crippen LogP contribution is -2.01. The van der Waals surface area contributed by atoms with Crippen molar-refractivity contribution in [1.29, 1.82) is 0 Å². The van der Waals surface area contributed by atoms with E-state index in [0.717, 1.165) is 35.8 Å². The molecule has 0 spiro atoms. The van der Waals surface area contributed by atoms with Crippen LogP contribution in [0, 0.1) is 0 Å². The zero-order chi connectivity index (χ0) is 15.4. The van der Waals surface area contributed by atoms with Crippen molar-refractivity contribution in [3.63, 3.8) is 0 Å². The zero-order valence-electron chi connectivity index (χ0n) is 12.9. The van der Waals surface area contributed by atoms with Crippen LogP contribution < -0.4 is 0 Å². The molecule has 3 nitrogen and oxygen atoms in total. The summed E-state index contributed by atoms with van der Waals surface area (Å²) >= 11 is 3.49. The summed E-state index contributed by atoms with van der Waals surface area (Å²) in [7, 11) is 0. The van der Waals surface area contributed by atoms with Crippen molar-refractivity contribution in [3.05, 3.63) is 45.7 Å². The highest BCUT2D eigenvalue weighted by Gasteiger charge is 2.22. The van der Waals surface area contributed by atoms with Crippen LogP contribution >= 0.6 is 15.9 Å². The van der Waals surface area contributed by atoms with Crippen molar-refractivity contribution < 1.29 is 5.11 Å². The Hall–Kier alpha value is -1.13. The van der Waals surface area contributed by atoms with Crippen LogP contribution in [-0.2, 0) is 19.3 Å². The van der Waals surface area contributed by atoms with Crippen LogP contribution in [0.1, 0.15) is 49.1 Å². The number of hydrogen-bond acceptors (Lipinski definition) is 2. The number of unbranched alkanes of at least 4 members (excludes halogenated alkanes) is 3. The normalized spacial score (nSPS) is 13.5. The Labute approximate surface area is 140 Å². The molecule has 1 aromatic carbocycles. The molecule has 4 heteroatoms. The van der Waals surface area contributed by atoms with Crippen LogP contribution in [0.15, 0.2) is 28.7 Å². The number of aryl methyl sites for hydroxylation is 1. The van der Waals surface area contributed by atoms with Crippen molar-refractivity contribution in [2.24, 2.45) is 0 Å². The minimum atomic E-state index is 0.313. The average molecular weight is 363 g/mol. The number of benzene rings is 1. The molecule has 0 radical (unpaired) electrons. The van der Waals surface area contributed by atoms with Crippen molar-refractivity contribution in [2.75, 3.05) is 6.61 Å². The van der Waals surface area contributed by atoms with Crippen molar-refractivity contribution in [3.8, 4) is 5.69 Å². The predicted molar refractivity (Wildman–Crippen MR) is 92.5 cm³/mol. The Morgan fingerprint density at radius 1 is 1.05 bits per heavy atom. The molecule has 0 amide bonds. The van der Waals surface area contributed by atoms with Crippen LogP contribution in [-0.4, -0.2) is 21.5 Å². The topological polar surface area (TPSA) is 38.1 Å². The van der Waals surface area contributed by atoms with E-state index >= 15 is 0 Å². The number of hydrogen-bond donors (Lipinski definition) is 1. The standard InChI is InChI=1S/C18H23BrN2O/c19-14-9-11-15(12-10-14)21-18-8-5-6-16(18)17(20-21)7-3-1-2-4-13-22/h9-12,22H,1-8,13H2. The quantitative estimate of drug-likeness (QED) is 0.748. The van der Waals surface area contributed by atoms with Gasteiger partial charge in [-0.3, -0.25) is 0 Å². The molecule has 1 aromatic heterocycles. The van der Waals surface area contributed by atoms with E-state index in [9.17, 15) is 0 Å². The zero-order valence-corrected chi connectivity index (χ0v) is 14.5. The molecule has 0 atom stereocenters. The maximum Gasteiger partial charge on any atom is 0.0663 e. The van der Waals surface area contributed by atoms with Gasteiger partial charge in [0.15, 0.2) is 0 Å². The van der Waals surface area contributed by atoms with Gasteiger partial charge in [-0.05, 0) is 68.4 Å². The van der Waals surface area contributed by atoms with Crippen molar-refractivity contribution in [1.82, 2.24) is 9.78 Å². The van der Waals surface area contributed by atoms with Gasteiger partial charge in [0.25, 0.3) is 0 Å². The first kappa shape index (κ1) is 15.8. The molecule has 1 heterocycles. The second kappa shape index (κ2) is 7.42. The molecule has 0 bridgehead atoms. The number of rotatable bonds is 7. The van der Waals surface area contributed by atoms with E-state index in [0.29, 0.717) is 6.61 Å². The SMILES string of the molecule is OCCCCCCc1nn(-c2ccc(Br)cc2)c2c1CCC2. The van der Waals surface area contributed by atoms with Crippen LogP contribution in [0.3, 0.4) is 0 Å². The first-order valence-corrected chi connectivity index (χ1v) is 9.05. The number of aromatic nitrogens is 2. The molecular weight excluding hydrogens is 340 g/mol. The molecule has 0 aliphatic heterocycles. The maximum atomic E-state index is 8.84. The molecule has 1 N–H and O–H groups in total. The number of fused-ring (bicyclic) bond motifs is 1. The predicted octanol–water partition coefficient (Wildman–Crippen LogP) is 4.22. The summed E-state index contributed by atoms with van der Waals surface area (Å²) in [5, 5.41) is 13.7. The summed E-state index contributed by atoms with van der Waals surface area (Å²) in [5.74, 6) is 0. The highest BCUT2D eigenvalue weighted by atomic mass is 79.9. The molecule has 0 saturated heterocycles. The van der Waals surface area contributed by atoms with Crippen molar-refractivity contribution in [2.45, 2.75) is 51.4 Å². The van der Waals surface area contributed by atoms with E-state index in [1.165, 1.54) is 42.6 Å². The molecule has 1 aliphatic rings. The molecule has 0 fully saturated rings. The fourth-order valence-corrected chi connectivity index (χ4v) is 3.53. The van der Waals surface area contributed by atoms with Gasteiger partial charge in [0.05, 0.1) is 11.4 Å². The lowest BCUT2D eigenvalue weighted by molar-refractivity contribution is 0.282. The van der Waals surface area contributed by atoms with Crippen LogP contribution in [0.2, 0.25) is 0 Å². The van der Waals surface area contributed by atoms with Gasteiger partial charge < -0.3 is 5.11 Å². The second-order valence-electron chi connectivity index (χ2n) is 6.00. The molecule has 3 rings (SSSR count). The van der Waals surface area contributed by atoms with Crippen molar-refractivity contribution >= 4 is 15.9 Å². The van der Waals surface area contributed by atoms with Gasteiger partial charge in [0.2, 0.25) is 0 Å². The number of nitrogens with zero attached hydrogens (tertiary/aromatic N) is 2. The number of aliphatic hydroxyl groups excluding tert-OH is 1. The van der Waals surface area contributed by atoms with E-state index in [1.54, 1.807) is 0 Å². The molecule has 2 aromatic rings. The fraction of sp³-hybridized carbons (Fsp3) is 0.500. The molecule has 0 saturated carbocycles. The van der Waals surface area contributed by atoms with E-state index < -0.39 is 0 Å².